The first-order chi connectivity index (χ1) is 9.79. The van der Waals surface area contributed by atoms with Gasteiger partial charge in [-0.2, -0.15) is 0 Å². The fourth-order valence-electron chi connectivity index (χ4n) is 2.07. The predicted octanol–water partition coefficient (Wildman–Crippen LogP) is 2.66. The molecular formula is C14H15BrN2O4. The fourth-order valence-corrected chi connectivity index (χ4v) is 2.60. The van der Waals surface area contributed by atoms with Crippen molar-refractivity contribution in [2.75, 3.05) is 7.05 Å². The van der Waals surface area contributed by atoms with Gasteiger partial charge in [0.1, 0.15) is 22.8 Å². The quantitative estimate of drug-likeness (QED) is 0.915. The number of amides is 1. The molecule has 21 heavy (non-hydrogen) atoms. The molecule has 0 aliphatic carbocycles. The predicted molar refractivity (Wildman–Crippen MR) is 79.3 cm³/mol. The van der Waals surface area contributed by atoms with Gasteiger partial charge in [-0.1, -0.05) is 0 Å². The van der Waals surface area contributed by atoms with Crippen LogP contribution < -0.4 is 0 Å². The zero-order valence-corrected chi connectivity index (χ0v) is 13.5. The van der Waals surface area contributed by atoms with Crippen LogP contribution in [0.25, 0.3) is 0 Å². The number of aromatic carboxylic acids is 1. The number of nitrogens with zero attached hydrogens (tertiary/aromatic N) is 2. The second kappa shape index (κ2) is 5.77. The molecule has 112 valence electrons. The van der Waals surface area contributed by atoms with Crippen LogP contribution in [-0.4, -0.2) is 33.5 Å². The standard InChI is InChI=1S/C14H15BrN2O4/c1-8-11(14(19)20)5-10(21-8)7-17(3)13(18)12-4-9(15)6-16(12)2/h4-6H,7H2,1-3H3,(H,19,20). The van der Waals surface area contributed by atoms with E-state index in [1.807, 2.05) is 0 Å². The molecule has 0 radical (unpaired) electrons. The summed E-state index contributed by atoms with van der Waals surface area (Å²) in [6.07, 6.45) is 1.79. The van der Waals surface area contributed by atoms with Crippen molar-refractivity contribution >= 4 is 27.8 Å². The van der Waals surface area contributed by atoms with E-state index in [0.29, 0.717) is 17.2 Å². The Hall–Kier alpha value is -2.02. The number of aryl methyl sites for hydroxylation is 2. The van der Waals surface area contributed by atoms with Gasteiger partial charge in [-0.3, -0.25) is 4.79 Å². The van der Waals surface area contributed by atoms with Gasteiger partial charge in [-0.05, 0) is 35.0 Å². The summed E-state index contributed by atoms with van der Waals surface area (Å²) in [5.74, 6) is -0.439. The molecule has 2 aromatic rings. The zero-order chi connectivity index (χ0) is 15.7. The van der Waals surface area contributed by atoms with E-state index >= 15 is 0 Å². The highest BCUT2D eigenvalue weighted by Crippen LogP contribution is 2.18. The number of hydrogen-bond acceptors (Lipinski definition) is 3. The molecule has 0 aliphatic rings. The van der Waals surface area contributed by atoms with Crippen LogP contribution in [0.5, 0.6) is 0 Å². The maximum atomic E-state index is 12.3. The van der Waals surface area contributed by atoms with Crippen LogP contribution in [0.1, 0.15) is 32.4 Å². The van der Waals surface area contributed by atoms with Crippen LogP contribution in [0.4, 0.5) is 0 Å². The molecule has 2 aromatic heterocycles. The second-order valence-electron chi connectivity index (χ2n) is 4.80. The van der Waals surface area contributed by atoms with E-state index in [0.717, 1.165) is 4.47 Å². The molecule has 0 spiro atoms. The Morgan fingerprint density at radius 2 is 2.10 bits per heavy atom. The lowest BCUT2D eigenvalue weighted by Gasteiger charge is -2.15. The first-order valence-corrected chi connectivity index (χ1v) is 6.99. The topological polar surface area (TPSA) is 75.7 Å². The Kier molecular flexibility index (Phi) is 4.22. The zero-order valence-electron chi connectivity index (χ0n) is 11.9. The van der Waals surface area contributed by atoms with E-state index in [2.05, 4.69) is 15.9 Å². The van der Waals surface area contributed by atoms with Gasteiger partial charge in [-0.25, -0.2) is 4.79 Å². The second-order valence-corrected chi connectivity index (χ2v) is 5.72. The molecule has 0 aliphatic heterocycles. The van der Waals surface area contributed by atoms with E-state index in [1.54, 1.807) is 37.8 Å². The smallest absolute Gasteiger partial charge is 0.339 e. The third kappa shape index (κ3) is 3.18. The summed E-state index contributed by atoms with van der Waals surface area (Å²) in [5, 5.41) is 8.99. The largest absolute Gasteiger partial charge is 0.478 e. The summed E-state index contributed by atoms with van der Waals surface area (Å²) in [6.45, 7) is 1.79. The van der Waals surface area contributed by atoms with Crippen LogP contribution >= 0.6 is 15.9 Å². The van der Waals surface area contributed by atoms with Gasteiger partial charge in [0, 0.05) is 24.8 Å². The summed E-state index contributed by atoms with van der Waals surface area (Å²) in [7, 11) is 3.42. The van der Waals surface area contributed by atoms with E-state index in [-0.39, 0.29) is 18.0 Å². The molecule has 0 aromatic carbocycles. The summed E-state index contributed by atoms with van der Waals surface area (Å²) in [4.78, 5) is 24.8. The molecule has 0 saturated heterocycles. The normalized spacial score (nSPS) is 10.7. The number of carbonyl (C=O) groups is 2. The third-order valence-electron chi connectivity index (χ3n) is 3.13. The SMILES string of the molecule is Cc1oc(CN(C)C(=O)c2cc(Br)cn2C)cc1C(=O)O. The average molecular weight is 355 g/mol. The van der Waals surface area contributed by atoms with E-state index in [1.165, 1.54) is 11.0 Å². The lowest BCUT2D eigenvalue weighted by atomic mass is 10.2. The highest BCUT2D eigenvalue weighted by atomic mass is 79.9. The van der Waals surface area contributed by atoms with E-state index in [9.17, 15) is 9.59 Å². The number of furan rings is 1. The van der Waals surface area contributed by atoms with Gasteiger partial charge in [0.2, 0.25) is 0 Å². The van der Waals surface area contributed by atoms with Gasteiger partial charge < -0.3 is 19.0 Å². The molecule has 0 saturated carbocycles. The number of carboxylic acids is 1. The minimum Gasteiger partial charge on any atom is -0.478 e. The van der Waals surface area contributed by atoms with Gasteiger partial charge in [0.25, 0.3) is 5.91 Å². The van der Waals surface area contributed by atoms with Crippen LogP contribution in [0.15, 0.2) is 27.2 Å². The number of carboxylic acid groups (broad SMARTS) is 1. The first-order valence-electron chi connectivity index (χ1n) is 6.19. The van der Waals surface area contributed by atoms with Crippen molar-refractivity contribution < 1.29 is 19.1 Å². The minimum atomic E-state index is -1.04. The van der Waals surface area contributed by atoms with Gasteiger partial charge >= 0.3 is 5.97 Å². The van der Waals surface area contributed by atoms with Crippen molar-refractivity contribution in [3.05, 3.63) is 45.6 Å². The summed E-state index contributed by atoms with van der Waals surface area (Å²) < 4.78 is 7.92. The van der Waals surface area contributed by atoms with Gasteiger partial charge in [0.05, 0.1) is 6.54 Å². The molecule has 0 atom stereocenters. The molecule has 2 rings (SSSR count). The summed E-state index contributed by atoms with van der Waals surface area (Å²) >= 11 is 3.32. The Morgan fingerprint density at radius 3 is 2.57 bits per heavy atom. The molecule has 6 nitrogen and oxygen atoms in total. The number of carbonyl (C=O) groups excluding carboxylic acids is 1. The average Bonchev–Trinajstić information content (AvgIpc) is 2.91. The Bertz CT molecular complexity index is 702. The monoisotopic (exact) mass is 354 g/mol. The van der Waals surface area contributed by atoms with Crippen LogP contribution in [0, 0.1) is 6.92 Å². The lowest BCUT2D eigenvalue weighted by molar-refractivity contribution is 0.0694. The Balaban J connectivity index is 2.16. The van der Waals surface area contributed by atoms with Gasteiger partial charge in [-0.15, -0.1) is 0 Å². The van der Waals surface area contributed by atoms with Crippen molar-refractivity contribution in [1.82, 2.24) is 9.47 Å². The third-order valence-corrected chi connectivity index (χ3v) is 3.56. The first kappa shape index (κ1) is 15.4. The van der Waals surface area contributed by atoms with Crippen molar-refractivity contribution in [1.29, 1.82) is 0 Å². The number of rotatable bonds is 4. The molecule has 0 unspecified atom stereocenters. The minimum absolute atomic E-state index is 0.118. The highest BCUT2D eigenvalue weighted by Gasteiger charge is 2.19. The number of hydrogen-bond donors (Lipinski definition) is 1. The highest BCUT2D eigenvalue weighted by molar-refractivity contribution is 9.10. The van der Waals surface area contributed by atoms with Crippen LogP contribution in [0.2, 0.25) is 0 Å². The van der Waals surface area contributed by atoms with Crippen molar-refractivity contribution in [3.63, 3.8) is 0 Å². The fraction of sp³-hybridized carbons (Fsp3) is 0.286. The summed E-state index contributed by atoms with van der Waals surface area (Å²) in [6, 6.07) is 3.18. The number of halogens is 1. The molecule has 0 bridgehead atoms. The van der Waals surface area contributed by atoms with Gasteiger partial charge in [0.15, 0.2) is 0 Å². The molecular weight excluding hydrogens is 340 g/mol. The Labute approximate surface area is 130 Å². The molecule has 2 heterocycles. The lowest BCUT2D eigenvalue weighted by Crippen LogP contribution is -2.27. The van der Waals surface area contributed by atoms with Crippen molar-refractivity contribution in [2.24, 2.45) is 7.05 Å². The molecule has 1 N–H and O–H groups in total. The number of aromatic nitrogens is 1. The van der Waals surface area contributed by atoms with Crippen LogP contribution in [0.3, 0.4) is 0 Å². The Morgan fingerprint density at radius 1 is 1.43 bits per heavy atom. The van der Waals surface area contributed by atoms with E-state index in [4.69, 9.17) is 9.52 Å². The summed E-state index contributed by atoms with van der Waals surface area (Å²) in [5.41, 5.74) is 0.651. The van der Waals surface area contributed by atoms with E-state index < -0.39 is 5.97 Å². The van der Waals surface area contributed by atoms with Crippen molar-refractivity contribution in [2.45, 2.75) is 13.5 Å². The van der Waals surface area contributed by atoms with Crippen molar-refractivity contribution in [3.8, 4) is 0 Å². The maximum absolute atomic E-state index is 12.3. The van der Waals surface area contributed by atoms with Crippen LogP contribution in [-0.2, 0) is 13.6 Å². The molecule has 1 amide bonds. The maximum Gasteiger partial charge on any atom is 0.339 e. The molecule has 0 fully saturated rings. The molecule has 7 heteroatoms.